The van der Waals surface area contributed by atoms with Crippen molar-refractivity contribution in [2.24, 2.45) is 0 Å². The molecule has 3 rings (SSSR count). The van der Waals surface area contributed by atoms with E-state index < -0.39 is 5.60 Å². The molecule has 0 atom stereocenters. The van der Waals surface area contributed by atoms with Crippen molar-refractivity contribution in [3.8, 4) is 0 Å². The summed E-state index contributed by atoms with van der Waals surface area (Å²) in [5.41, 5.74) is -1.10. The average molecular weight is 283 g/mol. The molecule has 1 N–H and O–H groups in total. The first-order valence-corrected chi connectivity index (χ1v) is 7.28. The van der Waals surface area contributed by atoms with Crippen LogP contribution in [0.2, 0.25) is 0 Å². The predicted octanol–water partition coefficient (Wildman–Crippen LogP) is 2.57. The second-order valence-electron chi connectivity index (χ2n) is 7.26. The van der Waals surface area contributed by atoms with Crippen molar-refractivity contribution in [2.45, 2.75) is 76.5 Å². The first kappa shape index (κ1) is 15.3. The van der Waals surface area contributed by atoms with Gasteiger partial charge in [-0.25, -0.2) is 4.79 Å². The van der Waals surface area contributed by atoms with Crippen molar-refractivity contribution < 1.29 is 19.1 Å². The van der Waals surface area contributed by atoms with E-state index in [0.29, 0.717) is 13.0 Å². The van der Waals surface area contributed by atoms with Gasteiger partial charge in [-0.15, -0.1) is 0 Å². The van der Waals surface area contributed by atoms with Crippen LogP contribution in [0.5, 0.6) is 0 Å². The summed E-state index contributed by atoms with van der Waals surface area (Å²) in [7, 11) is 0. The summed E-state index contributed by atoms with van der Waals surface area (Å²) in [6.07, 6.45) is 3.43. The van der Waals surface area contributed by atoms with Gasteiger partial charge in [0.05, 0.1) is 17.7 Å². The molecule has 0 unspecified atom stereocenters. The van der Waals surface area contributed by atoms with Crippen molar-refractivity contribution in [1.29, 1.82) is 0 Å². The summed E-state index contributed by atoms with van der Waals surface area (Å²) in [5.74, 6) is 0.166. The molecule has 114 valence electrons. The zero-order valence-electron chi connectivity index (χ0n) is 12.9. The molecule has 0 aromatic carbocycles. The van der Waals surface area contributed by atoms with Crippen molar-refractivity contribution in [1.82, 2.24) is 5.32 Å². The van der Waals surface area contributed by atoms with Gasteiger partial charge in [0, 0.05) is 6.42 Å². The summed E-state index contributed by atoms with van der Waals surface area (Å²) in [5, 5.41) is 2.98. The normalized spacial score (nSPS) is 32.8. The third-order valence-electron chi connectivity index (χ3n) is 4.11. The van der Waals surface area contributed by atoms with Gasteiger partial charge in [0.25, 0.3) is 0 Å². The number of Topliss-reactive ketones (excluding diaryl/α,β-unsaturated/α-hetero) is 1. The van der Waals surface area contributed by atoms with E-state index in [4.69, 9.17) is 9.47 Å². The molecule has 2 heterocycles. The summed E-state index contributed by atoms with van der Waals surface area (Å²) >= 11 is 0. The van der Waals surface area contributed by atoms with Crippen LogP contribution in [0.4, 0.5) is 4.79 Å². The molecule has 1 aliphatic carbocycles. The minimum Gasteiger partial charge on any atom is -0.444 e. The number of carbonyl (C=O) groups excluding carboxylic acids is 2. The Hall–Kier alpha value is -1.10. The lowest BCUT2D eigenvalue weighted by molar-refractivity contribution is -0.168. The molecule has 2 aliphatic heterocycles. The fourth-order valence-corrected chi connectivity index (χ4v) is 3.13. The molecular weight excluding hydrogens is 258 g/mol. The zero-order valence-corrected chi connectivity index (χ0v) is 12.9. The molecule has 3 aliphatic rings. The Morgan fingerprint density at radius 2 is 1.80 bits per heavy atom. The number of rotatable bonds is 3. The van der Waals surface area contributed by atoms with E-state index in [-0.39, 0.29) is 23.0 Å². The maximum atomic E-state index is 11.9. The lowest BCUT2D eigenvalue weighted by atomic mass is 9.69. The van der Waals surface area contributed by atoms with Gasteiger partial charge >= 0.3 is 6.09 Å². The highest BCUT2D eigenvalue weighted by Crippen LogP contribution is 2.45. The minimum absolute atomic E-state index is 0.166. The number of alkyl carbamates (subject to hydrolysis) is 1. The smallest absolute Gasteiger partial charge is 0.408 e. The van der Waals surface area contributed by atoms with Crippen molar-refractivity contribution in [3.05, 3.63) is 0 Å². The van der Waals surface area contributed by atoms with Crippen LogP contribution < -0.4 is 5.32 Å². The van der Waals surface area contributed by atoms with E-state index in [2.05, 4.69) is 5.32 Å². The van der Waals surface area contributed by atoms with Crippen LogP contribution in [0.15, 0.2) is 0 Å². The maximum absolute atomic E-state index is 11.9. The van der Waals surface area contributed by atoms with Gasteiger partial charge in [-0.05, 0) is 53.4 Å². The first-order valence-electron chi connectivity index (χ1n) is 7.28. The van der Waals surface area contributed by atoms with E-state index in [0.717, 1.165) is 25.7 Å². The highest BCUT2D eigenvalue weighted by Gasteiger charge is 2.51. The Kier molecular flexibility index (Phi) is 3.84. The number of fused-ring (bicyclic) bond motifs is 3. The molecule has 3 fully saturated rings. The van der Waals surface area contributed by atoms with E-state index in [1.165, 1.54) is 0 Å². The maximum Gasteiger partial charge on any atom is 0.408 e. The molecule has 2 saturated heterocycles. The third-order valence-corrected chi connectivity index (χ3v) is 4.11. The van der Waals surface area contributed by atoms with Gasteiger partial charge in [0.1, 0.15) is 11.4 Å². The van der Waals surface area contributed by atoms with Crippen molar-refractivity contribution >= 4 is 11.9 Å². The molecule has 2 bridgehead atoms. The lowest BCUT2D eigenvalue weighted by Crippen LogP contribution is -2.63. The van der Waals surface area contributed by atoms with E-state index >= 15 is 0 Å². The van der Waals surface area contributed by atoms with Crippen molar-refractivity contribution in [2.75, 3.05) is 6.61 Å². The Bertz CT molecular complexity index is 386. The average Bonchev–Trinajstić information content (AvgIpc) is 2.27. The number of hydrogen-bond donors (Lipinski definition) is 1. The predicted molar refractivity (Wildman–Crippen MR) is 74.5 cm³/mol. The third kappa shape index (κ3) is 3.51. The number of hydrogen-bond acceptors (Lipinski definition) is 4. The molecule has 5 nitrogen and oxygen atoms in total. The largest absolute Gasteiger partial charge is 0.444 e. The van der Waals surface area contributed by atoms with Crippen LogP contribution in [0.3, 0.4) is 0 Å². The molecule has 0 spiro atoms. The quantitative estimate of drug-likeness (QED) is 0.864. The number of amides is 1. The van der Waals surface area contributed by atoms with Crippen LogP contribution >= 0.6 is 0 Å². The number of ketones is 1. The molecule has 0 aromatic rings. The van der Waals surface area contributed by atoms with Crippen LogP contribution in [-0.4, -0.2) is 35.2 Å². The Morgan fingerprint density at radius 3 is 2.20 bits per heavy atom. The van der Waals surface area contributed by atoms with Gasteiger partial charge in [0.2, 0.25) is 0 Å². The van der Waals surface area contributed by atoms with Crippen LogP contribution in [0.25, 0.3) is 0 Å². The van der Waals surface area contributed by atoms with E-state index in [1.807, 2.05) is 20.8 Å². The number of carbonyl (C=O) groups is 2. The summed E-state index contributed by atoms with van der Waals surface area (Å²) in [4.78, 5) is 23.3. The Labute approximate surface area is 120 Å². The van der Waals surface area contributed by atoms with Crippen LogP contribution in [0, 0.1) is 0 Å². The molecule has 0 radical (unpaired) electrons. The summed E-state index contributed by atoms with van der Waals surface area (Å²) in [6.45, 7) is 7.62. The van der Waals surface area contributed by atoms with Crippen LogP contribution in [-0.2, 0) is 14.3 Å². The number of nitrogens with one attached hydrogen (secondary N) is 1. The van der Waals surface area contributed by atoms with E-state index in [9.17, 15) is 9.59 Å². The zero-order chi connectivity index (χ0) is 15.0. The first-order chi connectivity index (χ1) is 9.14. The summed E-state index contributed by atoms with van der Waals surface area (Å²) < 4.78 is 11.2. The van der Waals surface area contributed by atoms with Crippen molar-refractivity contribution in [3.63, 3.8) is 0 Å². The van der Waals surface area contributed by atoms with Gasteiger partial charge in [0.15, 0.2) is 0 Å². The Balaban J connectivity index is 1.94. The molecule has 1 saturated carbocycles. The van der Waals surface area contributed by atoms with Gasteiger partial charge in [-0.3, -0.25) is 4.79 Å². The number of ether oxygens (including phenoxy) is 2. The standard InChI is InChI=1S/C15H25NO4/c1-11(17)9-15-7-5-14(6-8-15,10-19-15)16-12(18)20-13(2,3)4/h5-10H2,1-4H3,(H,16,18). The monoisotopic (exact) mass is 283 g/mol. The molecular formula is C15H25NO4. The lowest BCUT2D eigenvalue weighted by Gasteiger charge is -2.53. The van der Waals surface area contributed by atoms with Crippen LogP contribution in [0.1, 0.15) is 59.8 Å². The molecule has 0 aromatic heterocycles. The fraction of sp³-hybridized carbons (Fsp3) is 0.867. The fourth-order valence-electron chi connectivity index (χ4n) is 3.13. The Morgan fingerprint density at radius 1 is 1.20 bits per heavy atom. The second-order valence-corrected chi connectivity index (χ2v) is 7.26. The van der Waals surface area contributed by atoms with Gasteiger partial charge in [-0.2, -0.15) is 0 Å². The molecule has 20 heavy (non-hydrogen) atoms. The van der Waals surface area contributed by atoms with Gasteiger partial charge < -0.3 is 14.8 Å². The SMILES string of the molecule is CC(=O)CC12CCC(NC(=O)OC(C)(C)C)(CC1)CO2. The van der Waals surface area contributed by atoms with Gasteiger partial charge in [-0.1, -0.05) is 0 Å². The molecule has 5 heteroatoms. The highest BCUT2D eigenvalue weighted by molar-refractivity contribution is 5.76. The topological polar surface area (TPSA) is 64.6 Å². The minimum atomic E-state index is -0.497. The highest BCUT2D eigenvalue weighted by atomic mass is 16.6. The second kappa shape index (κ2) is 5.02. The van der Waals surface area contributed by atoms with E-state index in [1.54, 1.807) is 6.92 Å². The summed E-state index contributed by atoms with van der Waals surface area (Å²) in [6, 6.07) is 0. The molecule has 1 amide bonds.